The van der Waals surface area contributed by atoms with E-state index >= 15 is 0 Å². The molecule has 0 aromatic rings. The minimum atomic E-state index is -5.20. The van der Waals surface area contributed by atoms with Gasteiger partial charge in [0.1, 0.15) is 24.4 Å². The van der Waals surface area contributed by atoms with Crippen LogP contribution in [0, 0.1) is 0 Å². The fourth-order valence-electron chi connectivity index (χ4n) is 1.49. The average molecular weight is 275 g/mol. The number of rotatable bonds is 2. The van der Waals surface area contributed by atoms with Gasteiger partial charge in [0.05, 0.1) is 6.61 Å². The van der Waals surface area contributed by atoms with Crippen LogP contribution in [0.4, 0.5) is 13.2 Å². The molecule has 5 atom stereocenters. The number of hydrogen-bond acceptors (Lipinski definition) is 6. The lowest BCUT2D eigenvalue weighted by Crippen LogP contribution is -2.65. The van der Waals surface area contributed by atoms with Gasteiger partial charge in [-0.15, -0.1) is 0 Å². The Bertz CT molecular complexity index is 312. The Kier molecular flexibility index (Phi) is 4.50. The van der Waals surface area contributed by atoms with Gasteiger partial charge in [-0.2, -0.15) is 13.2 Å². The van der Waals surface area contributed by atoms with Crippen LogP contribution < -0.4 is 5.32 Å². The van der Waals surface area contributed by atoms with Gasteiger partial charge < -0.3 is 30.5 Å². The average Bonchev–Trinajstić information content (AvgIpc) is 2.27. The molecule has 0 aromatic heterocycles. The highest BCUT2D eigenvalue weighted by molar-refractivity contribution is 5.82. The minimum Gasteiger partial charge on any atom is -0.394 e. The summed E-state index contributed by atoms with van der Waals surface area (Å²) in [6.07, 6.45) is -12.2. The van der Waals surface area contributed by atoms with E-state index < -0.39 is 49.3 Å². The Balaban J connectivity index is 2.74. The van der Waals surface area contributed by atoms with Crippen LogP contribution in [0.2, 0.25) is 0 Å². The lowest BCUT2D eigenvalue weighted by atomic mass is 9.97. The first-order valence-corrected chi connectivity index (χ1v) is 4.86. The van der Waals surface area contributed by atoms with Gasteiger partial charge in [-0.1, -0.05) is 0 Å². The zero-order chi connectivity index (χ0) is 14.1. The molecular weight excluding hydrogens is 263 g/mol. The second kappa shape index (κ2) is 5.36. The molecule has 7 nitrogen and oxygen atoms in total. The monoisotopic (exact) mass is 275 g/mol. The van der Waals surface area contributed by atoms with E-state index in [1.807, 2.05) is 0 Å². The van der Waals surface area contributed by atoms with Gasteiger partial charge >= 0.3 is 12.1 Å². The fraction of sp³-hybridized carbons (Fsp3) is 0.875. The summed E-state index contributed by atoms with van der Waals surface area (Å²) < 4.78 is 40.5. The van der Waals surface area contributed by atoms with Gasteiger partial charge in [0, 0.05) is 0 Å². The molecule has 1 amide bonds. The van der Waals surface area contributed by atoms with Crippen molar-refractivity contribution >= 4 is 5.91 Å². The zero-order valence-corrected chi connectivity index (χ0v) is 8.83. The van der Waals surface area contributed by atoms with Crippen molar-refractivity contribution in [2.45, 2.75) is 36.8 Å². The van der Waals surface area contributed by atoms with Crippen LogP contribution >= 0.6 is 0 Å². The third-order valence-electron chi connectivity index (χ3n) is 2.46. The maximum atomic E-state index is 12.0. The van der Waals surface area contributed by atoms with Crippen molar-refractivity contribution in [1.29, 1.82) is 0 Å². The summed E-state index contributed by atoms with van der Waals surface area (Å²) in [6.45, 7) is -0.755. The first-order chi connectivity index (χ1) is 8.18. The smallest absolute Gasteiger partial charge is 0.394 e. The van der Waals surface area contributed by atoms with Crippen LogP contribution in [0.5, 0.6) is 0 Å². The van der Waals surface area contributed by atoms with Crippen molar-refractivity contribution in [2.24, 2.45) is 0 Å². The van der Waals surface area contributed by atoms with Gasteiger partial charge in [-0.3, -0.25) is 4.79 Å². The topological polar surface area (TPSA) is 119 Å². The molecule has 1 rings (SSSR count). The highest BCUT2D eigenvalue weighted by Crippen LogP contribution is 2.21. The van der Waals surface area contributed by atoms with E-state index in [-0.39, 0.29) is 0 Å². The van der Waals surface area contributed by atoms with Crippen LogP contribution in [0.1, 0.15) is 0 Å². The summed E-state index contributed by atoms with van der Waals surface area (Å²) in [5.74, 6) is -2.39. The molecule has 0 spiro atoms. The van der Waals surface area contributed by atoms with Crippen molar-refractivity contribution in [3.05, 3.63) is 0 Å². The summed E-state index contributed by atoms with van der Waals surface area (Å²) in [5.41, 5.74) is 0. The van der Waals surface area contributed by atoms with Gasteiger partial charge in [-0.05, 0) is 0 Å². The quantitative estimate of drug-likeness (QED) is 0.379. The molecule has 1 aliphatic rings. The summed E-state index contributed by atoms with van der Waals surface area (Å²) >= 11 is 0. The molecule has 1 fully saturated rings. The van der Waals surface area contributed by atoms with E-state index in [9.17, 15) is 33.3 Å². The Hall–Kier alpha value is -0.940. The number of ether oxygens (including phenoxy) is 1. The highest BCUT2D eigenvalue weighted by Gasteiger charge is 2.48. The lowest BCUT2D eigenvalue weighted by molar-refractivity contribution is -0.256. The summed E-state index contributed by atoms with van der Waals surface area (Å²) in [5, 5.41) is 38.1. The number of nitrogens with one attached hydrogen (secondary N) is 1. The standard InChI is InChI=1S/C8H12F3NO6/c9-8(10,11)7(17)12-3-5(15)4(14)2(1-13)18-6(3)16/h2-6,13-16H,1H2,(H,12,17)/t2-,3+,4+,5-,6-/m0/s1. The first kappa shape index (κ1) is 15.1. The Labute approximate surface area is 98.8 Å². The molecule has 0 saturated carbocycles. The summed E-state index contributed by atoms with van der Waals surface area (Å²) in [4.78, 5) is 10.6. The van der Waals surface area contributed by atoms with Crippen molar-refractivity contribution in [3.63, 3.8) is 0 Å². The molecule has 0 bridgehead atoms. The van der Waals surface area contributed by atoms with Crippen molar-refractivity contribution < 1.29 is 43.1 Å². The van der Waals surface area contributed by atoms with Crippen LogP contribution in [-0.4, -0.2) is 69.8 Å². The van der Waals surface area contributed by atoms with E-state index in [0.717, 1.165) is 0 Å². The van der Waals surface area contributed by atoms with E-state index in [4.69, 9.17) is 5.11 Å². The van der Waals surface area contributed by atoms with Gasteiger partial charge in [-0.25, -0.2) is 0 Å². The van der Waals surface area contributed by atoms with Gasteiger partial charge in [0.15, 0.2) is 6.29 Å². The number of halogens is 3. The molecule has 18 heavy (non-hydrogen) atoms. The molecule has 0 aliphatic carbocycles. The van der Waals surface area contributed by atoms with Gasteiger partial charge in [0.25, 0.3) is 0 Å². The van der Waals surface area contributed by atoms with Crippen LogP contribution in [0.15, 0.2) is 0 Å². The van der Waals surface area contributed by atoms with Crippen LogP contribution in [0.3, 0.4) is 0 Å². The van der Waals surface area contributed by atoms with Crippen molar-refractivity contribution in [3.8, 4) is 0 Å². The molecule has 10 heteroatoms. The summed E-state index contributed by atoms with van der Waals surface area (Å²) in [6, 6.07) is -1.85. The largest absolute Gasteiger partial charge is 0.471 e. The maximum Gasteiger partial charge on any atom is 0.471 e. The minimum absolute atomic E-state index is 0.755. The molecule has 106 valence electrons. The number of aliphatic hydroxyl groups excluding tert-OH is 4. The molecular formula is C8H12F3NO6. The number of carbonyl (C=O) groups is 1. The first-order valence-electron chi connectivity index (χ1n) is 4.86. The van der Waals surface area contributed by atoms with Crippen LogP contribution in [-0.2, 0) is 9.53 Å². The number of alkyl halides is 3. The molecule has 1 heterocycles. The van der Waals surface area contributed by atoms with Crippen molar-refractivity contribution in [1.82, 2.24) is 5.32 Å². The predicted molar refractivity (Wildman–Crippen MR) is 48.0 cm³/mol. The predicted octanol–water partition coefficient (Wildman–Crippen LogP) is -2.54. The van der Waals surface area contributed by atoms with E-state index in [1.165, 1.54) is 5.32 Å². The Morgan fingerprint density at radius 1 is 1.22 bits per heavy atom. The molecule has 5 N–H and O–H groups in total. The van der Waals surface area contributed by atoms with E-state index in [0.29, 0.717) is 0 Å². The van der Waals surface area contributed by atoms with Crippen LogP contribution in [0.25, 0.3) is 0 Å². The molecule has 0 aromatic carbocycles. The number of aliphatic hydroxyl groups is 4. The second-order valence-electron chi connectivity index (χ2n) is 3.73. The zero-order valence-electron chi connectivity index (χ0n) is 8.83. The van der Waals surface area contributed by atoms with E-state index in [1.54, 1.807) is 0 Å². The van der Waals surface area contributed by atoms with Crippen molar-refractivity contribution in [2.75, 3.05) is 6.61 Å². The molecule has 1 aliphatic heterocycles. The third-order valence-corrected chi connectivity index (χ3v) is 2.46. The van der Waals surface area contributed by atoms with Gasteiger partial charge in [0.2, 0.25) is 0 Å². The lowest BCUT2D eigenvalue weighted by Gasteiger charge is -2.40. The number of amides is 1. The Morgan fingerprint density at radius 3 is 2.22 bits per heavy atom. The number of hydrogen-bond donors (Lipinski definition) is 5. The fourth-order valence-corrected chi connectivity index (χ4v) is 1.49. The SMILES string of the molecule is O=C(N[C@@H]1[C@H](O)[C@H](O)[C@H](CO)O[C@@H]1O)C(F)(F)F. The molecule has 0 radical (unpaired) electrons. The maximum absolute atomic E-state index is 12.0. The molecule has 1 saturated heterocycles. The number of carbonyl (C=O) groups excluding carboxylic acids is 1. The second-order valence-corrected chi connectivity index (χ2v) is 3.73. The highest BCUT2D eigenvalue weighted by atomic mass is 19.4. The molecule has 0 unspecified atom stereocenters. The Morgan fingerprint density at radius 2 is 1.78 bits per heavy atom. The summed E-state index contributed by atoms with van der Waals surface area (Å²) in [7, 11) is 0. The normalized spacial score (nSPS) is 37.4. The van der Waals surface area contributed by atoms with E-state index in [2.05, 4.69) is 4.74 Å². The third kappa shape index (κ3) is 3.09.